The van der Waals surface area contributed by atoms with Crippen LogP contribution < -0.4 is 5.32 Å². The average molecular weight is 457 g/mol. The van der Waals surface area contributed by atoms with Crippen molar-refractivity contribution >= 4 is 68.1 Å². The van der Waals surface area contributed by atoms with Crippen LogP contribution in [0.2, 0.25) is 0 Å². The van der Waals surface area contributed by atoms with Crippen molar-refractivity contribution in [3.63, 3.8) is 0 Å². The molecule has 2 rings (SSSR count). The summed E-state index contributed by atoms with van der Waals surface area (Å²) in [7, 11) is 0. The lowest BCUT2D eigenvalue weighted by atomic mass is 10.2. The van der Waals surface area contributed by atoms with Gasteiger partial charge in [0.15, 0.2) is 0 Å². The molecule has 1 saturated heterocycles. The molecule has 6 nitrogen and oxygen atoms in total. The Hall–Kier alpha value is -1.71. The summed E-state index contributed by atoms with van der Waals surface area (Å²) in [4.78, 5) is 36.9. The average Bonchev–Trinajstić information content (AvgIpc) is 2.82. The maximum Gasteiger partial charge on any atom is 0.325 e. The van der Waals surface area contributed by atoms with E-state index < -0.39 is 12.0 Å². The molecule has 0 saturated carbocycles. The fourth-order valence-corrected chi connectivity index (χ4v) is 3.94. The molecule has 26 heavy (non-hydrogen) atoms. The highest BCUT2D eigenvalue weighted by molar-refractivity contribution is 9.10. The van der Waals surface area contributed by atoms with Gasteiger partial charge in [0.2, 0.25) is 5.91 Å². The molecule has 0 aromatic heterocycles. The van der Waals surface area contributed by atoms with Gasteiger partial charge in [-0.1, -0.05) is 52.0 Å². The summed E-state index contributed by atoms with van der Waals surface area (Å²) in [6.07, 6.45) is 2.31. The number of thioether (sulfide) groups is 1. The van der Waals surface area contributed by atoms with Gasteiger partial charge in [-0.25, -0.2) is 0 Å². The van der Waals surface area contributed by atoms with Crippen LogP contribution in [0.4, 0.5) is 0 Å². The number of carboxylic acid groups (broad SMARTS) is 1. The van der Waals surface area contributed by atoms with Crippen LogP contribution in [0, 0.1) is 0 Å². The topological polar surface area (TPSA) is 86.7 Å². The van der Waals surface area contributed by atoms with E-state index in [1.807, 2.05) is 24.3 Å². The largest absolute Gasteiger partial charge is 0.480 e. The van der Waals surface area contributed by atoms with Crippen molar-refractivity contribution in [2.24, 2.45) is 0 Å². The molecule has 9 heteroatoms. The third-order valence-corrected chi connectivity index (χ3v) is 5.42. The van der Waals surface area contributed by atoms with Crippen LogP contribution in [0.1, 0.15) is 25.3 Å². The Kier molecular flexibility index (Phi) is 7.36. The lowest BCUT2D eigenvalue weighted by Gasteiger charge is -2.14. The number of carbonyl (C=O) groups excluding carboxylic acids is 2. The lowest BCUT2D eigenvalue weighted by molar-refractivity contribution is -0.141. The standard InChI is InChI=1S/C17H17BrN2O4S2/c1-10(16(23)24)19-14(21)6-3-7-20-15(22)13(26-17(20)25)9-11-4-2-5-12(18)8-11/h2,4-5,8-10H,3,6-7H2,1H3,(H,19,21)(H,23,24)/b13-9-. The van der Waals surface area contributed by atoms with Gasteiger partial charge in [0.05, 0.1) is 4.91 Å². The first-order valence-corrected chi connectivity index (χ1v) is 9.83. The Balaban J connectivity index is 1.91. The molecule has 1 atom stereocenters. The maximum absolute atomic E-state index is 12.5. The summed E-state index contributed by atoms with van der Waals surface area (Å²) in [6.45, 7) is 1.71. The number of hydrogen-bond donors (Lipinski definition) is 2. The molecule has 0 bridgehead atoms. The smallest absolute Gasteiger partial charge is 0.325 e. The Morgan fingerprint density at radius 2 is 2.19 bits per heavy atom. The molecule has 1 unspecified atom stereocenters. The van der Waals surface area contributed by atoms with Gasteiger partial charge in [-0.05, 0) is 37.1 Å². The Morgan fingerprint density at radius 1 is 1.46 bits per heavy atom. The normalized spacial score (nSPS) is 16.8. The monoisotopic (exact) mass is 456 g/mol. The zero-order chi connectivity index (χ0) is 19.3. The summed E-state index contributed by atoms with van der Waals surface area (Å²) >= 11 is 9.88. The minimum atomic E-state index is -1.09. The molecule has 1 aliphatic heterocycles. The fraction of sp³-hybridized carbons (Fsp3) is 0.294. The summed E-state index contributed by atoms with van der Waals surface area (Å²) in [5.41, 5.74) is 0.891. The second-order valence-corrected chi connectivity index (χ2v) is 8.21. The SMILES string of the molecule is CC(NC(=O)CCCN1C(=O)/C(=C/c2cccc(Br)c2)SC1=S)C(=O)O. The Bertz CT molecular complexity index is 782. The number of aliphatic carboxylic acids is 1. The molecule has 1 heterocycles. The van der Waals surface area contributed by atoms with Gasteiger partial charge >= 0.3 is 5.97 Å². The molecule has 0 radical (unpaired) electrons. The van der Waals surface area contributed by atoms with Crippen LogP contribution >= 0.6 is 39.9 Å². The molecule has 2 N–H and O–H groups in total. The summed E-state index contributed by atoms with van der Waals surface area (Å²) < 4.78 is 1.37. The first-order valence-electron chi connectivity index (χ1n) is 7.81. The molecule has 0 aliphatic carbocycles. The predicted octanol–water partition coefficient (Wildman–Crippen LogP) is 3.02. The van der Waals surface area contributed by atoms with Crippen molar-refractivity contribution in [2.75, 3.05) is 6.54 Å². The minimum Gasteiger partial charge on any atom is -0.480 e. The number of halogens is 1. The number of amides is 2. The van der Waals surface area contributed by atoms with E-state index in [1.165, 1.54) is 23.6 Å². The van der Waals surface area contributed by atoms with Gasteiger partial charge in [0, 0.05) is 17.4 Å². The molecule has 2 amide bonds. The number of carbonyl (C=O) groups is 3. The molecule has 1 fully saturated rings. The predicted molar refractivity (Wildman–Crippen MR) is 108 cm³/mol. The van der Waals surface area contributed by atoms with E-state index in [2.05, 4.69) is 21.2 Å². The van der Waals surface area contributed by atoms with Crippen molar-refractivity contribution in [3.05, 3.63) is 39.2 Å². The Labute approximate surface area is 169 Å². The van der Waals surface area contributed by atoms with Crippen LogP contribution in [0.15, 0.2) is 33.6 Å². The van der Waals surface area contributed by atoms with Crippen LogP contribution in [-0.2, 0) is 14.4 Å². The number of thiocarbonyl (C=S) groups is 1. The van der Waals surface area contributed by atoms with Gasteiger partial charge < -0.3 is 10.4 Å². The van der Waals surface area contributed by atoms with E-state index >= 15 is 0 Å². The maximum atomic E-state index is 12.5. The van der Waals surface area contributed by atoms with Crippen LogP contribution in [0.25, 0.3) is 6.08 Å². The van der Waals surface area contributed by atoms with Gasteiger partial charge in [-0.3, -0.25) is 19.3 Å². The van der Waals surface area contributed by atoms with Crippen molar-refractivity contribution in [1.29, 1.82) is 0 Å². The van der Waals surface area contributed by atoms with Gasteiger partial charge in [0.1, 0.15) is 10.4 Å². The number of carboxylic acids is 1. The minimum absolute atomic E-state index is 0.124. The molecule has 138 valence electrons. The summed E-state index contributed by atoms with van der Waals surface area (Å²) in [5, 5.41) is 11.1. The molecule has 0 spiro atoms. The molecular weight excluding hydrogens is 440 g/mol. The van der Waals surface area contributed by atoms with Crippen molar-refractivity contribution in [1.82, 2.24) is 10.2 Å². The second kappa shape index (κ2) is 9.29. The van der Waals surface area contributed by atoms with Crippen molar-refractivity contribution in [2.45, 2.75) is 25.8 Å². The number of hydrogen-bond acceptors (Lipinski definition) is 5. The van der Waals surface area contributed by atoms with Gasteiger partial charge in [-0.2, -0.15) is 0 Å². The quantitative estimate of drug-likeness (QED) is 0.484. The third kappa shape index (κ3) is 5.65. The highest BCUT2D eigenvalue weighted by Gasteiger charge is 2.31. The zero-order valence-corrected chi connectivity index (χ0v) is 17.1. The van der Waals surface area contributed by atoms with E-state index in [0.717, 1.165) is 10.0 Å². The van der Waals surface area contributed by atoms with E-state index in [9.17, 15) is 14.4 Å². The van der Waals surface area contributed by atoms with Crippen molar-refractivity contribution < 1.29 is 19.5 Å². The van der Waals surface area contributed by atoms with Gasteiger partial charge in [0.25, 0.3) is 5.91 Å². The van der Waals surface area contributed by atoms with Crippen LogP contribution in [-0.4, -0.2) is 44.7 Å². The van der Waals surface area contributed by atoms with E-state index in [0.29, 0.717) is 22.2 Å². The van der Waals surface area contributed by atoms with E-state index in [1.54, 1.807) is 6.08 Å². The number of rotatable bonds is 7. The number of benzene rings is 1. The van der Waals surface area contributed by atoms with Crippen LogP contribution in [0.5, 0.6) is 0 Å². The number of nitrogens with one attached hydrogen (secondary N) is 1. The van der Waals surface area contributed by atoms with E-state index in [4.69, 9.17) is 17.3 Å². The van der Waals surface area contributed by atoms with Crippen LogP contribution in [0.3, 0.4) is 0 Å². The van der Waals surface area contributed by atoms with Crippen molar-refractivity contribution in [3.8, 4) is 0 Å². The Morgan fingerprint density at radius 3 is 2.85 bits per heavy atom. The molecule has 1 aromatic rings. The zero-order valence-electron chi connectivity index (χ0n) is 13.9. The van der Waals surface area contributed by atoms with E-state index in [-0.39, 0.29) is 18.2 Å². The fourth-order valence-electron chi connectivity index (χ4n) is 2.21. The third-order valence-electron chi connectivity index (χ3n) is 3.55. The highest BCUT2D eigenvalue weighted by Crippen LogP contribution is 2.33. The molecular formula is C17H17BrN2O4S2. The summed E-state index contributed by atoms with van der Waals surface area (Å²) in [5.74, 6) is -1.64. The molecule has 1 aromatic carbocycles. The summed E-state index contributed by atoms with van der Waals surface area (Å²) in [6, 6.07) is 6.64. The highest BCUT2D eigenvalue weighted by atomic mass is 79.9. The first kappa shape index (κ1) is 20.6. The molecule has 1 aliphatic rings. The lowest BCUT2D eigenvalue weighted by Crippen LogP contribution is -2.38. The number of nitrogens with zero attached hydrogens (tertiary/aromatic N) is 1. The van der Waals surface area contributed by atoms with Gasteiger partial charge in [-0.15, -0.1) is 0 Å². The second-order valence-electron chi connectivity index (χ2n) is 5.62. The first-order chi connectivity index (χ1) is 12.3.